The van der Waals surface area contributed by atoms with Crippen LogP contribution in [0.15, 0.2) is 12.1 Å². The molecule has 1 N–H and O–H groups in total. The molecular formula is C23H28F2N2O5. The summed E-state index contributed by atoms with van der Waals surface area (Å²) in [5, 5.41) is 3.06. The van der Waals surface area contributed by atoms with Crippen LogP contribution < -0.4 is 10.1 Å². The van der Waals surface area contributed by atoms with E-state index in [0.717, 1.165) is 12.1 Å². The van der Waals surface area contributed by atoms with Gasteiger partial charge in [0.05, 0.1) is 30.9 Å². The third-order valence-corrected chi connectivity index (χ3v) is 7.34. The number of benzene rings is 1. The molecule has 0 radical (unpaired) electrons. The first-order chi connectivity index (χ1) is 15.5. The number of hydrogen-bond donors (Lipinski definition) is 1. The Bertz CT molecular complexity index is 901. The topological polar surface area (TPSA) is 77.1 Å². The van der Waals surface area contributed by atoms with Crippen LogP contribution in [-0.4, -0.2) is 67.4 Å². The fourth-order valence-electron chi connectivity index (χ4n) is 5.76. The molecule has 4 aliphatic heterocycles. The number of rotatable bonds is 0. The van der Waals surface area contributed by atoms with Crippen molar-refractivity contribution in [1.29, 1.82) is 0 Å². The normalized spacial score (nSPS) is 33.3. The van der Waals surface area contributed by atoms with Gasteiger partial charge in [0.2, 0.25) is 5.91 Å². The minimum absolute atomic E-state index is 0.00196. The molecule has 1 saturated carbocycles. The largest absolute Gasteiger partial charge is 0.480 e. The van der Waals surface area contributed by atoms with Gasteiger partial charge in [-0.3, -0.25) is 9.59 Å². The lowest BCUT2D eigenvalue weighted by molar-refractivity contribution is -0.156. The zero-order valence-corrected chi connectivity index (χ0v) is 17.9. The van der Waals surface area contributed by atoms with Crippen molar-refractivity contribution in [3.63, 3.8) is 0 Å². The molecule has 2 amide bonds. The van der Waals surface area contributed by atoms with Gasteiger partial charge in [-0.25, -0.2) is 8.78 Å². The smallest absolute Gasteiger partial charge is 0.260 e. The summed E-state index contributed by atoms with van der Waals surface area (Å²) >= 11 is 0. The highest BCUT2D eigenvalue weighted by atomic mass is 19.1. The Morgan fingerprint density at radius 1 is 1.06 bits per heavy atom. The monoisotopic (exact) mass is 450 g/mol. The van der Waals surface area contributed by atoms with E-state index in [1.54, 1.807) is 4.90 Å². The van der Waals surface area contributed by atoms with E-state index in [-0.39, 0.29) is 48.4 Å². The van der Waals surface area contributed by atoms with Gasteiger partial charge in [0.1, 0.15) is 12.4 Å². The number of carbonyl (C=O) groups is 2. The van der Waals surface area contributed by atoms with Gasteiger partial charge in [-0.05, 0) is 56.6 Å². The SMILES string of the molecule is O=C1COC[C@]2(CCCN3C(=O)COc4c(F)ccc(F)c4[C@H]4CC[C@H](CC4)OC[C@@H]32)N1. The number of fused-ring (bicyclic) bond motifs is 5. The Labute approximate surface area is 185 Å². The van der Waals surface area contributed by atoms with Crippen molar-refractivity contribution in [2.75, 3.05) is 33.0 Å². The highest BCUT2D eigenvalue weighted by molar-refractivity contribution is 5.81. The van der Waals surface area contributed by atoms with Crippen LogP contribution in [0.1, 0.15) is 50.0 Å². The summed E-state index contributed by atoms with van der Waals surface area (Å²) in [7, 11) is 0. The molecule has 1 spiro atoms. The maximum atomic E-state index is 14.7. The van der Waals surface area contributed by atoms with Crippen molar-refractivity contribution in [2.24, 2.45) is 0 Å². The molecule has 1 aliphatic carbocycles. The maximum Gasteiger partial charge on any atom is 0.260 e. The Hall–Kier alpha value is -2.26. The van der Waals surface area contributed by atoms with Crippen LogP contribution in [0.3, 0.4) is 0 Å². The van der Waals surface area contributed by atoms with Crippen LogP contribution in [0.5, 0.6) is 5.75 Å². The Balaban J connectivity index is 1.49. The van der Waals surface area contributed by atoms with Gasteiger partial charge >= 0.3 is 0 Å². The highest BCUT2D eigenvalue weighted by Gasteiger charge is 2.50. The van der Waals surface area contributed by atoms with Crippen molar-refractivity contribution in [1.82, 2.24) is 10.2 Å². The molecule has 3 fully saturated rings. The van der Waals surface area contributed by atoms with Crippen LogP contribution in [0.2, 0.25) is 0 Å². The predicted molar refractivity (Wildman–Crippen MR) is 109 cm³/mol. The number of amides is 2. The van der Waals surface area contributed by atoms with E-state index in [1.807, 2.05) is 0 Å². The first-order valence-corrected chi connectivity index (χ1v) is 11.4. The van der Waals surface area contributed by atoms with Gasteiger partial charge in [0.25, 0.3) is 5.91 Å². The summed E-state index contributed by atoms with van der Waals surface area (Å²) in [6, 6.07) is 1.74. The van der Waals surface area contributed by atoms with Crippen molar-refractivity contribution < 1.29 is 32.6 Å². The van der Waals surface area contributed by atoms with Crippen LogP contribution in [-0.2, 0) is 19.1 Å². The summed E-state index contributed by atoms with van der Waals surface area (Å²) in [6.07, 6.45) is 4.02. The molecule has 2 bridgehead atoms. The molecule has 7 nitrogen and oxygen atoms in total. The summed E-state index contributed by atoms with van der Waals surface area (Å²) in [5.41, 5.74) is -0.509. The van der Waals surface area contributed by atoms with E-state index in [4.69, 9.17) is 14.2 Å². The molecule has 2 saturated heterocycles. The van der Waals surface area contributed by atoms with Gasteiger partial charge in [0.15, 0.2) is 18.2 Å². The van der Waals surface area contributed by atoms with Crippen LogP contribution >= 0.6 is 0 Å². The maximum absolute atomic E-state index is 14.7. The molecule has 0 aromatic heterocycles. The van der Waals surface area contributed by atoms with E-state index >= 15 is 0 Å². The van der Waals surface area contributed by atoms with Crippen LogP contribution in [0.25, 0.3) is 0 Å². The van der Waals surface area contributed by atoms with E-state index in [2.05, 4.69) is 5.32 Å². The number of hydrogen-bond acceptors (Lipinski definition) is 5. The molecule has 32 heavy (non-hydrogen) atoms. The zero-order valence-electron chi connectivity index (χ0n) is 17.9. The van der Waals surface area contributed by atoms with Crippen molar-refractivity contribution in [3.05, 3.63) is 29.3 Å². The number of nitrogens with zero attached hydrogens (tertiary/aromatic N) is 1. The van der Waals surface area contributed by atoms with E-state index in [0.29, 0.717) is 51.7 Å². The quantitative estimate of drug-likeness (QED) is 0.656. The molecule has 5 aliphatic rings. The van der Waals surface area contributed by atoms with Crippen molar-refractivity contribution in [3.8, 4) is 5.75 Å². The van der Waals surface area contributed by atoms with E-state index in [9.17, 15) is 18.4 Å². The fourth-order valence-corrected chi connectivity index (χ4v) is 5.76. The number of piperidine rings is 1. The van der Waals surface area contributed by atoms with Gasteiger partial charge in [-0.15, -0.1) is 0 Å². The van der Waals surface area contributed by atoms with Crippen LogP contribution in [0, 0.1) is 11.6 Å². The second kappa shape index (κ2) is 8.59. The zero-order chi connectivity index (χ0) is 22.3. The van der Waals surface area contributed by atoms with Crippen molar-refractivity contribution in [2.45, 2.75) is 62.1 Å². The Kier molecular flexibility index (Phi) is 5.79. The summed E-state index contributed by atoms with van der Waals surface area (Å²) < 4.78 is 46.9. The standard InChI is InChI=1S/C23H28F2N2O5/c24-16-6-7-17(25)22-21(16)14-2-4-15(5-3-14)31-10-18-23(13-30-11-19(28)26-23)8-1-9-27(18)20(29)12-32-22/h6-7,14-15,18H,1-5,8-13H2,(H,26,28)/t14-,15+,18-,23+/m1/s1. The molecule has 4 heterocycles. The van der Waals surface area contributed by atoms with Gasteiger partial charge in [0, 0.05) is 12.1 Å². The molecule has 1 aromatic rings. The van der Waals surface area contributed by atoms with Gasteiger partial charge in [-0.2, -0.15) is 0 Å². The predicted octanol–water partition coefficient (Wildman–Crippen LogP) is 2.28. The molecule has 0 unspecified atom stereocenters. The number of morpholine rings is 1. The first-order valence-electron chi connectivity index (χ1n) is 11.4. The minimum atomic E-state index is -0.726. The van der Waals surface area contributed by atoms with Gasteiger partial charge < -0.3 is 24.4 Å². The lowest BCUT2D eigenvalue weighted by Crippen LogP contribution is -2.72. The molecule has 2 atom stereocenters. The number of halogens is 2. The van der Waals surface area contributed by atoms with E-state index < -0.39 is 29.8 Å². The summed E-state index contributed by atoms with van der Waals surface area (Å²) in [4.78, 5) is 27.0. The number of ether oxygens (including phenoxy) is 3. The van der Waals surface area contributed by atoms with Gasteiger partial charge in [-0.1, -0.05) is 0 Å². The summed E-state index contributed by atoms with van der Waals surface area (Å²) in [6.45, 7) is 0.621. The summed E-state index contributed by atoms with van der Waals surface area (Å²) in [5.74, 6) is -2.08. The van der Waals surface area contributed by atoms with Crippen molar-refractivity contribution >= 4 is 11.8 Å². The third-order valence-electron chi connectivity index (χ3n) is 7.34. The minimum Gasteiger partial charge on any atom is -0.480 e. The third kappa shape index (κ3) is 3.85. The Morgan fingerprint density at radius 2 is 1.84 bits per heavy atom. The second-order valence-corrected chi connectivity index (χ2v) is 9.27. The van der Waals surface area contributed by atoms with Crippen LogP contribution in [0.4, 0.5) is 8.78 Å². The molecule has 6 rings (SSSR count). The molecule has 9 heteroatoms. The number of nitrogens with one attached hydrogen (secondary N) is 1. The lowest BCUT2D eigenvalue weighted by Gasteiger charge is -2.51. The second-order valence-electron chi connectivity index (χ2n) is 9.27. The average Bonchev–Trinajstić information content (AvgIpc) is 2.80. The number of carbonyl (C=O) groups excluding carboxylic acids is 2. The average molecular weight is 450 g/mol. The molecular weight excluding hydrogens is 422 g/mol. The first kappa shape index (κ1) is 21.6. The fraction of sp³-hybridized carbons (Fsp3) is 0.652. The Morgan fingerprint density at radius 3 is 2.62 bits per heavy atom. The molecule has 174 valence electrons. The van der Waals surface area contributed by atoms with E-state index in [1.165, 1.54) is 0 Å². The lowest BCUT2D eigenvalue weighted by atomic mass is 9.80. The molecule has 1 aromatic carbocycles. The highest BCUT2D eigenvalue weighted by Crippen LogP contribution is 2.42.